The summed E-state index contributed by atoms with van der Waals surface area (Å²) in [7, 11) is 2.22. The molecule has 4 aromatic carbocycles. The normalized spacial score (nSPS) is 21.9. The summed E-state index contributed by atoms with van der Waals surface area (Å²) in [5, 5.41) is 6.10. The van der Waals surface area contributed by atoms with Gasteiger partial charge < -0.3 is 4.90 Å². The van der Waals surface area contributed by atoms with Crippen molar-refractivity contribution in [3.63, 3.8) is 0 Å². The molecule has 0 saturated heterocycles. The van der Waals surface area contributed by atoms with Gasteiger partial charge in [0.1, 0.15) is 0 Å². The fourth-order valence-electron chi connectivity index (χ4n) is 7.70. The molecule has 4 aromatic rings. The lowest BCUT2D eigenvalue weighted by Gasteiger charge is -2.30. The Morgan fingerprint density at radius 2 is 1.49 bits per heavy atom. The van der Waals surface area contributed by atoms with Crippen LogP contribution >= 0.6 is 11.6 Å². The Hall–Kier alpha value is -3.88. The maximum absolute atomic E-state index is 7.07. The van der Waals surface area contributed by atoms with Crippen LogP contribution in [0.15, 0.2) is 124 Å². The van der Waals surface area contributed by atoms with E-state index in [1.807, 2.05) is 0 Å². The predicted octanol–water partition coefficient (Wildman–Crippen LogP) is 10.9. The van der Waals surface area contributed by atoms with Gasteiger partial charge in [0, 0.05) is 28.6 Å². The van der Waals surface area contributed by atoms with Crippen LogP contribution in [0.1, 0.15) is 58.1 Å². The van der Waals surface area contributed by atoms with Crippen molar-refractivity contribution in [3.05, 3.63) is 130 Å². The van der Waals surface area contributed by atoms with E-state index in [2.05, 4.69) is 143 Å². The molecule has 43 heavy (non-hydrogen) atoms. The van der Waals surface area contributed by atoms with Crippen LogP contribution in [0.5, 0.6) is 0 Å². The average molecular weight is 583 g/mol. The van der Waals surface area contributed by atoms with Gasteiger partial charge in [-0.25, -0.2) is 0 Å². The maximum atomic E-state index is 7.07. The van der Waals surface area contributed by atoms with Gasteiger partial charge in [-0.15, -0.1) is 0 Å². The number of aliphatic imine (C=N–C) groups is 1. The third-order valence-electron chi connectivity index (χ3n) is 9.99. The fourth-order valence-corrected chi connectivity index (χ4v) is 8.02. The Morgan fingerprint density at radius 3 is 2.23 bits per heavy atom. The first-order chi connectivity index (χ1) is 20.7. The third kappa shape index (κ3) is 4.50. The second-order valence-electron chi connectivity index (χ2n) is 13.4. The Kier molecular flexibility index (Phi) is 6.74. The molecule has 0 N–H and O–H groups in total. The minimum Gasteiger partial charge on any atom is -0.367 e. The standard InChI is InChI=1S/C40H39ClN2/c1-39(2)34(42-32-23-20-26-12-6-8-17-30(26)36(32)39)25-22-29-15-10-14-28(38(29)41)16-11-19-35-40(3,4)37-31-18-9-7-13-27(31)21-24-33(37)43(35)5/h6-9,11-13,16-25,35H,10,14-15H2,1-5H3/b19-11+,25-22+,28-16+. The highest BCUT2D eigenvalue weighted by atomic mass is 35.5. The number of anilines is 1. The van der Waals surface area contributed by atoms with Crippen LogP contribution in [0.25, 0.3) is 21.5 Å². The molecule has 0 amide bonds. The van der Waals surface area contributed by atoms with Crippen molar-refractivity contribution in [1.82, 2.24) is 0 Å². The molecular formula is C40H39ClN2. The zero-order chi connectivity index (χ0) is 29.9. The van der Waals surface area contributed by atoms with Crippen LogP contribution in [0.4, 0.5) is 11.4 Å². The molecule has 0 aromatic heterocycles. The predicted molar refractivity (Wildman–Crippen MR) is 186 cm³/mol. The molecule has 1 atom stereocenters. The van der Waals surface area contributed by atoms with Gasteiger partial charge in [0.25, 0.3) is 0 Å². The molecule has 0 spiro atoms. The van der Waals surface area contributed by atoms with Gasteiger partial charge in [-0.05, 0) is 81.3 Å². The summed E-state index contributed by atoms with van der Waals surface area (Å²) in [4.78, 5) is 7.49. The van der Waals surface area contributed by atoms with Crippen molar-refractivity contribution in [2.45, 2.75) is 63.8 Å². The minimum absolute atomic E-state index is 0.0161. The number of halogens is 1. The first-order valence-corrected chi connectivity index (χ1v) is 15.9. The molecule has 1 aliphatic carbocycles. The number of nitrogens with zero attached hydrogens (tertiary/aromatic N) is 2. The number of allylic oxidation sites excluding steroid dienone is 7. The lowest BCUT2D eigenvalue weighted by atomic mass is 9.78. The van der Waals surface area contributed by atoms with Crippen molar-refractivity contribution in [2.75, 3.05) is 11.9 Å². The minimum atomic E-state index is -0.168. The van der Waals surface area contributed by atoms with E-state index in [1.54, 1.807) is 0 Å². The van der Waals surface area contributed by atoms with Crippen molar-refractivity contribution >= 4 is 50.2 Å². The summed E-state index contributed by atoms with van der Waals surface area (Å²) in [6, 6.07) is 26.5. The smallest absolute Gasteiger partial charge is 0.0681 e. The van der Waals surface area contributed by atoms with Crippen molar-refractivity contribution in [1.29, 1.82) is 0 Å². The van der Waals surface area contributed by atoms with E-state index in [9.17, 15) is 0 Å². The van der Waals surface area contributed by atoms with Crippen LogP contribution in [-0.4, -0.2) is 18.8 Å². The monoisotopic (exact) mass is 582 g/mol. The molecule has 2 heterocycles. The summed E-state index contributed by atoms with van der Waals surface area (Å²) < 4.78 is 0. The molecule has 216 valence electrons. The second kappa shape index (κ2) is 10.4. The van der Waals surface area contributed by atoms with Gasteiger partial charge in [0.15, 0.2) is 0 Å². The molecule has 1 unspecified atom stereocenters. The number of likely N-dealkylation sites (N-methyl/N-ethyl adjacent to an activating group) is 1. The topological polar surface area (TPSA) is 15.6 Å². The molecule has 3 heteroatoms. The Bertz CT molecular complexity index is 1930. The van der Waals surface area contributed by atoms with Crippen LogP contribution in [0, 0.1) is 0 Å². The molecule has 0 fully saturated rings. The van der Waals surface area contributed by atoms with Crippen LogP contribution in [-0.2, 0) is 10.8 Å². The first-order valence-electron chi connectivity index (χ1n) is 15.5. The molecule has 0 saturated carbocycles. The third-order valence-corrected chi connectivity index (χ3v) is 10.5. The molecule has 0 bridgehead atoms. The molecule has 2 nitrogen and oxygen atoms in total. The summed E-state index contributed by atoms with van der Waals surface area (Å²) >= 11 is 7.07. The first kappa shape index (κ1) is 27.9. The Morgan fingerprint density at radius 1 is 0.814 bits per heavy atom. The van der Waals surface area contributed by atoms with E-state index in [1.165, 1.54) is 49.5 Å². The zero-order valence-electron chi connectivity index (χ0n) is 25.8. The van der Waals surface area contributed by atoms with Gasteiger partial charge in [0.2, 0.25) is 0 Å². The van der Waals surface area contributed by atoms with Gasteiger partial charge in [-0.2, -0.15) is 0 Å². The molecular weight excluding hydrogens is 544 g/mol. The summed E-state index contributed by atoms with van der Waals surface area (Å²) in [6.45, 7) is 9.30. The second-order valence-corrected chi connectivity index (χ2v) is 13.7. The lowest BCUT2D eigenvalue weighted by Crippen LogP contribution is -2.37. The van der Waals surface area contributed by atoms with Crippen LogP contribution in [0.3, 0.4) is 0 Å². The Balaban J connectivity index is 1.14. The van der Waals surface area contributed by atoms with Gasteiger partial charge in [-0.1, -0.05) is 124 Å². The molecule has 0 radical (unpaired) electrons. The quantitative estimate of drug-likeness (QED) is 0.234. The van der Waals surface area contributed by atoms with Gasteiger partial charge in [0.05, 0.1) is 17.4 Å². The van der Waals surface area contributed by atoms with E-state index in [-0.39, 0.29) is 16.9 Å². The maximum Gasteiger partial charge on any atom is 0.0681 e. The van der Waals surface area contributed by atoms with E-state index in [0.717, 1.165) is 35.7 Å². The molecule has 2 aliphatic heterocycles. The van der Waals surface area contributed by atoms with Crippen molar-refractivity contribution < 1.29 is 0 Å². The van der Waals surface area contributed by atoms with E-state index in [0.29, 0.717) is 0 Å². The van der Waals surface area contributed by atoms with E-state index < -0.39 is 0 Å². The van der Waals surface area contributed by atoms with E-state index in [4.69, 9.17) is 16.6 Å². The van der Waals surface area contributed by atoms with Crippen molar-refractivity contribution in [2.24, 2.45) is 4.99 Å². The molecule has 7 rings (SSSR count). The number of hydrogen-bond acceptors (Lipinski definition) is 2. The van der Waals surface area contributed by atoms with E-state index >= 15 is 0 Å². The highest BCUT2D eigenvalue weighted by Crippen LogP contribution is 2.48. The number of benzene rings is 4. The summed E-state index contributed by atoms with van der Waals surface area (Å²) in [5.41, 5.74) is 8.47. The summed E-state index contributed by atoms with van der Waals surface area (Å²) in [5.74, 6) is 0. The number of fused-ring (bicyclic) bond motifs is 6. The van der Waals surface area contributed by atoms with Crippen LogP contribution in [0.2, 0.25) is 0 Å². The van der Waals surface area contributed by atoms with Crippen molar-refractivity contribution in [3.8, 4) is 0 Å². The SMILES string of the molecule is CN1c2ccc3ccccc3c2C(C)(C)C1/C=C/C=C1\CCCC(/C=C/C2=Nc3ccc4ccccc4c3C2(C)C)=C1Cl. The number of hydrogen-bond donors (Lipinski definition) is 0. The largest absolute Gasteiger partial charge is 0.367 e. The summed E-state index contributed by atoms with van der Waals surface area (Å²) in [6.07, 6.45) is 14.3. The Labute approximate surface area is 260 Å². The zero-order valence-corrected chi connectivity index (χ0v) is 26.5. The number of rotatable bonds is 4. The fraction of sp³-hybridized carbons (Fsp3) is 0.275. The van der Waals surface area contributed by atoms with Gasteiger partial charge in [-0.3, -0.25) is 4.99 Å². The lowest BCUT2D eigenvalue weighted by molar-refractivity contribution is 0.490. The highest BCUT2D eigenvalue weighted by molar-refractivity contribution is 6.32. The average Bonchev–Trinajstić information content (AvgIpc) is 3.38. The van der Waals surface area contributed by atoms with Crippen LogP contribution < -0.4 is 4.90 Å². The van der Waals surface area contributed by atoms with Gasteiger partial charge >= 0.3 is 0 Å². The molecule has 3 aliphatic rings. The highest BCUT2D eigenvalue weighted by Gasteiger charge is 2.42.